The topological polar surface area (TPSA) is 29.5 Å². The van der Waals surface area contributed by atoms with Gasteiger partial charge in [0.25, 0.3) is 0 Å². The van der Waals surface area contributed by atoms with Crippen molar-refractivity contribution in [2.45, 2.75) is 17.8 Å². The van der Waals surface area contributed by atoms with Crippen molar-refractivity contribution in [2.75, 3.05) is 4.90 Å². The maximum Gasteiger partial charge on any atom is 0.159 e. The fourth-order valence-electron chi connectivity index (χ4n) is 12.0. The molecule has 12 aromatic rings. The maximum atomic E-state index is 7.20. The second-order valence-corrected chi connectivity index (χ2v) is 18.0. The highest BCUT2D eigenvalue weighted by atomic mass is 16.3. The van der Waals surface area contributed by atoms with Crippen molar-refractivity contribution >= 4 is 60.9 Å². The molecule has 2 aliphatic carbocycles. The molecule has 0 spiro atoms. The molecule has 0 saturated heterocycles. The van der Waals surface area contributed by atoms with E-state index in [0.29, 0.717) is 0 Å². The molecule has 2 aliphatic rings. The number of anilines is 3. The van der Waals surface area contributed by atoms with Gasteiger partial charge in [0.2, 0.25) is 0 Å². The molecule has 3 heteroatoms. The Morgan fingerprint density at radius 3 is 1.55 bits per heavy atom. The van der Waals surface area contributed by atoms with Crippen molar-refractivity contribution in [3.8, 4) is 22.3 Å². The normalized spacial score (nSPS) is 14.1. The van der Waals surface area contributed by atoms with Gasteiger partial charge in [0.1, 0.15) is 16.7 Å². The zero-order valence-corrected chi connectivity index (χ0v) is 36.2. The van der Waals surface area contributed by atoms with Gasteiger partial charge in [0.05, 0.1) is 22.2 Å². The van der Waals surface area contributed by atoms with Gasteiger partial charge < -0.3 is 13.7 Å². The number of hydrogen-bond acceptors (Lipinski definition) is 3. The summed E-state index contributed by atoms with van der Waals surface area (Å²) in [6.45, 7) is 2.37. The standard InChI is InChI=1S/C63H41NO2/c1-62(50-29-13-8-23-43(50)44-24-9-14-30-51(44)62)53-37-38-55(59-49-27-12-17-34-58(49)66-61(53)59)64(56-32-18-28-48-47-26-11-16-33-57(47)65-60(48)56)42-35-36-46-45-25-10-15-31-52(45)63(54(46)39-42,40-19-4-2-5-20-40)41-21-6-3-7-22-41/h2-39H,1H3. The van der Waals surface area contributed by atoms with E-state index in [1.165, 1.54) is 55.6 Å². The molecule has 0 radical (unpaired) electrons. The number of furan rings is 2. The van der Waals surface area contributed by atoms with Gasteiger partial charge >= 0.3 is 0 Å². The summed E-state index contributed by atoms with van der Waals surface area (Å²) >= 11 is 0. The van der Waals surface area contributed by atoms with Gasteiger partial charge in [-0.15, -0.1) is 0 Å². The Kier molecular flexibility index (Phi) is 7.74. The van der Waals surface area contributed by atoms with Gasteiger partial charge in [0, 0.05) is 32.8 Å². The first-order chi connectivity index (χ1) is 32.6. The van der Waals surface area contributed by atoms with E-state index in [0.717, 1.165) is 66.5 Å². The molecule has 0 atom stereocenters. The molecular formula is C63H41NO2. The van der Waals surface area contributed by atoms with Crippen LogP contribution in [0.15, 0.2) is 239 Å². The van der Waals surface area contributed by atoms with Crippen LogP contribution in [0.25, 0.3) is 66.1 Å². The average Bonchev–Trinajstić information content (AvgIpc) is 4.12. The monoisotopic (exact) mass is 843 g/mol. The summed E-state index contributed by atoms with van der Waals surface area (Å²) in [6.07, 6.45) is 0. The summed E-state index contributed by atoms with van der Waals surface area (Å²) in [5.41, 5.74) is 19.0. The molecule has 3 nitrogen and oxygen atoms in total. The van der Waals surface area contributed by atoms with Gasteiger partial charge in [-0.05, 0) is 99.0 Å². The number of fused-ring (bicyclic) bond motifs is 12. The van der Waals surface area contributed by atoms with Crippen LogP contribution < -0.4 is 4.90 Å². The lowest BCUT2D eigenvalue weighted by Gasteiger charge is -2.35. The van der Waals surface area contributed by atoms with Crippen LogP contribution in [0, 0.1) is 0 Å². The molecule has 2 heterocycles. The highest BCUT2D eigenvalue weighted by Crippen LogP contribution is 2.59. The van der Waals surface area contributed by atoms with Gasteiger partial charge in [-0.2, -0.15) is 0 Å². The van der Waals surface area contributed by atoms with E-state index in [-0.39, 0.29) is 0 Å². The summed E-state index contributed by atoms with van der Waals surface area (Å²) in [5, 5.41) is 4.28. The number of rotatable bonds is 6. The lowest BCUT2D eigenvalue weighted by Crippen LogP contribution is -2.28. The molecule has 10 aromatic carbocycles. The highest BCUT2D eigenvalue weighted by molar-refractivity contribution is 6.17. The van der Waals surface area contributed by atoms with Crippen LogP contribution in [-0.2, 0) is 10.8 Å². The summed E-state index contributed by atoms with van der Waals surface area (Å²) in [4.78, 5) is 2.43. The van der Waals surface area contributed by atoms with Gasteiger partial charge in [-0.3, -0.25) is 0 Å². The molecule has 14 rings (SSSR count). The van der Waals surface area contributed by atoms with Crippen molar-refractivity contribution in [2.24, 2.45) is 0 Å². The predicted octanol–water partition coefficient (Wildman–Crippen LogP) is 16.7. The molecule has 0 fully saturated rings. The number of benzene rings is 10. The van der Waals surface area contributed by atoms with Crippen molar-refractivity contribution in [1.82, 2.24) is 0 Å². The Morgan fingerprint density at radius 2 is 0.864 bits per heavy atom. The molecule has 0 saturated carbocycles. The summed E-state index contributed by atoms with van der Waals surface area (Å²) in [7, 11) is 0. The summed E-state index contributed by atoms with van der Waals surface area (Å²) < 4.78 is 14.1. The quantitative estimate of drug-likeness (QED) is 0.167. The van der Waals surface area contributed by atoms with E-state index in [9.17, 15) is 0 Å². The highest BCUT2D eigenvalue weighted by Gasteiger charge is 2.47. The number of para-hydroxylation sites is 3. The predicted molar refractivity (Wildman–Crippen MR) is 270 cm³/mol. The van der Waals surface area contributed by atoms with Crippen LogP contribution in [0.4, 0.5) is 17.1 Å². The molecule has 2 aromatic heterocycles. The number of nitrogens with zero attached hydrogens (tertiary/aromatic N) is 1. The van der Waals surface area contributed by atoms with Crippen LogP contribution in [0.2, 0.25) is 0 Å². The molecule has 0 aliphatic heterocycles. The molecule has 0 N–H and O–H groups in total. The second kappa shape index (κ2) is 13.8. The third-order valence-corrected chi connectivity index (χ3v) is 14.8. The molecule has 66 heavy (non-hydrogen) atoms. The summed E-state index contributed by atoms with van der Waals surface area (Å²) in [6, 6.07) is 84.0. The fraction of sp³-hybridized carbons (Fsp3) is 0.0476. The average molecular weight is 844 g/mol. The summed E-state index contributed by atoms with van der Waals surface area (Å²) in [5.74, 6) is 0. The van der Waals surface area contributed by atoms with Crippen molar-refractivity contribution in [3.63, 3.8) is 0 Å². The molecule has 0 unspecified atom stereocenters. The SMILES string of the molecule is CC1(c2ccc(N(c3ccc4c(c3)C(c3ccccc3)(c3ccccc3)c3ccccc3-4)c3cccc4c3oc3ccccc34)c3c2oc2ccccc23)c2ccccc2-c2ccccc21. The van der Waals surface area contributed by atoms with Gasteiger partial charge in [-0.1, -0.05) is 194 Å². The van der Waals surface area contributed by atoms with Crippen LogP contribution in [0.5, 0.6) is 0 Å². The van der Waals surface area contributed by atoms with Crippen LogP contribution in [-0.4, -0.2) is 0 Å². The fourth-order valence-corrected chi connectivity index (χ4v) is 12.0. The Morgan fingerprint density at radius 1 is 0.348 bits per heavy atom. The smallest absolute Gasteiger partial charge is 0.159 e. The van der Waals surface area contributed by atoms with E-state index in [2.05, 4.69) is 236 Å². The first-order valence-corrected chi connectivity index (χ1v) is 22.8. The van der Waals surface area contributed by atoms with E-state index in [1.54, 1.807) is 0 Å². The largest absolute Gasteiger partial charge is 0.456 e. The van der Waals surface area contributed by atoms with Crippen LogP contribution in [0.1, 0.15) is 45.9 Å². The molecule has 310 valence electrons. The lowest BCUT2D eigenvalue weighted by atomic mass is 9.67. The Bertz CT molecular complexity index is 3830. The Hall–Kier alpha value is -8.40. The van der Waals surface area contributed by atoms with E-state index in [1.807, 2.05) is 6.07 Å². The molecule has 0 amide bonds. The third kappa shape index (κ3) is 4.86. The minimum absolute atomic E-state index is 0.480. The minimum Gasteiger partial charge on any atom is -0.456 e. The van der Waals surface area contributed by atoms with Crippen molar-refractivity contribution < 1.29 is 8.83 Å². The lowest BCUT2D eigenvalue weighted by molar-refractivity contribution is 0.637. The molecule has 0 bridgehead atoms. The van der Waals surface area contributed by atoms with E-state index in [4.69, 9.17) is 8.83 Å². The minimum atomic E-state index is -0.582. The van der Waals surface area contributed by atoms with Gasteiger partial charge in [-0.25, -0.2) is 0 Å². The van der Waals surface area contributed by atoms with E-state index >= 15 is 0 Å². The van der Waals surface area contributed by atoms with Crippen molar-refractivity contribution in [1.29, 1.82) is 0 Å². The number of hydrogen-bond donors (Lipinski definition) is 0. The Balaban J connectivity index is 1.10. The first-order valence-electron chi connectivity index (χ1n) is 22.8. The zero-order chi connectivity index (χ0) is 43.6. The van der Waals surface area contributed by atoms with Crippen LogP contribution >= 0.6 is 0 Å². The second-order valence-electron chi connectivity index (χ2n) is 18.0. The zero-order valence-electron chi connectivity index (χ0n) is 36.2. The maximum absolute atomic E-state index is 7.20. The molecular weight excluding hydrogens is 803 g/mol. The van der Waals surface area contributed by atoms with E-state index < -0.39 is 10.8 Å². The van der Waals surface area contributed by atoms with Crippen molar-refractivity contribution in [3.05, 3.63) is 269 Å². The van der Waals surface area contributed by atoms with Crippen LogP contribution in [0.3, 0.4) is 0 Å². The Labute approximate surface area is 382 Å². The third-order valence-electron chi connectivity index (χ3n) is 14.8. The van der Waals surface area contributed by atoms with Gasteiger partial charge in [0.15, 0.2) is 5.58 Å². The first kappa shape index (κ1) is 37.0.